The van der Waals surface area contributed by atoms with E-state index in [-0.39, 0.29) is 0 Å². The smallest absolute Gasteiger partial charge is 0.119 e. The van der Waals surface area contributed by atoms with Gasteiger partial charge in [-0.05, 0) is 93.0 Å². The lowest BCUT2D eigenvalue weighted by Crippen LogP contribution is -2.31. The molecule has 0 aliphatic carbocycles. The van der Waals surface area contributed by atoms with E-state index in [1.165, 1.54) is 53.7 Å². The first-order valence-electron chi connectivity index (χ1n) is 11.3. The predicted molar refractivity (Wildman–Crippen MR) is 127 cm³/mol. The van der Waals surface area contributed by atoms with Gasteiger partial charge in [-0.2, -0.15) is 0 Å². The van der Waals surface area contributed by atoms with Gasteiger partial charge in [0.25, 0.3) is 0 Å². The van der Waals surface area contributed by atoms with Crippen molar-refractivity contribution in [2.24, 2.45) is 0 Å². The standard InChI is InChI=1S/C25H33N3OS/c1-4-16-28(17-5-1)18-7-19-29-22-11-13-23(14-12-22)30-27-15-6-8-21-20-26-25-10-3-2-9-24(21)25/h2-3,9-14,20,26-27H,1,4-8,15-19H2. The minimum atomic E-state index is 0.801. The van der Waals surface area contributed by atoms with Crippen molar-refractivity contribution in [3.05, 3.63) is 60.3 Å². The number of nitrogens with zero attached hydrogens (tertiary/aromatic N) is 1. The summed E-state index contributed by atoms with van der Waals surface area (Å²) in [6, 6.07) is 16.9. The van der Waals surface area contributed by atoms with Crippen molar-refractivity contribution in [1.29, 1.82) is 0 Å². The van der Waals surface area contributed by atoms with Crippen molar-refractivity contribution < 1.29 is 4.74 Å². The van der Waals surface area contributed by atoms with Crippen LogP contribution in [0.4, 0.5) is 0 Å². The third kappa shape index (κ3) is 6.27. The summed E-state index contributed by atoms with van der Waals surface area (Å²) in [4.78, 5) is 7.15. The van der Waals surface area contributed by atoms with Crippen LogP contribution in [0.5, 0.6) is 5.75 Å². The predicted octanol–water partition coefficient (Wildman–Crippen LogP) is 5.65. The number of benzene rings is 2. The van der Waals surface area contributed by atoms with Crippen LogP contribution >= 0.6 is 11.9 Å². The van der Waals surface area contributed by atoms with Crippen LogP contribution in [0, 0.1) is 0 Å². The zero-order valence-corrected chi connectivity index (χ0v) is 18.6. The number of aromatic amines is 1. The van der Waals surface area contributed by atoms with Crippen LogP contribution in [0.3, 0.4) is 0 Å². The maximum atomic E-state index is 5.91. The molecule has 0 bridgehead atoms. The molecule has 1 saturated heterocycles. The molecule has 30 heavy (non-hydrogen) atoms. The number of rotatable bonds is 11. The van der Waals surface area contributed by atoms with Gasteiger partial charge in [0.1, 0.15) is 5.75 Å². The number of ether oxygens (including phenoxy) is 1. The minimum Gasteiger partial charge on any atom is -0.494 e. The summed E-state index contributed by atoms with van der Waals surface area (Å²) in [5.41, 5.74) is 2.63. The summed E-state index contributed by atoms with van der Waals surface area (Å²) < 4.78 is 9.39. The van der Waals surface area contributed by atoms with Crippen molar-refractivity contribution in [2.75, 3.05) is 32.8 Å². The molecule has 0 unspecified atom stereocenters. The Bertz CT molecular complexity index is 887. The van der Waals surface area contributed by atoms with E-state index in [9.17, 15) is 0 Å². The number of H-pyrrole nitrogens is 1. The van der Waals surface area contributed by atoms with Crippen LogP contribution in [-0.2, 0) is 6.42 Å². The maximum Gasteiger partial charge on any atom is 0.119 e. The number of aromatic nitrogens is 1. The van der Waals surface area contributed by atoms with Crippen LogP contribution < -0.4 is 9.46 Å². The fourth-order valence-corrected chi connectivity index (χ4v) is 4.77. The summed E-state index contributed by atoms with van der Waals surface area (Å²) in [5, 5.41) is 1.34. The number of piperidine rings is 1. The first kappa shape index (κ1) is 21.3. The molecule has 160 valence electrons. The normalized spacial score (nSPS) is 14.9. The molecule has 0 atom stereocenters. The Morgan fingerprint density at radius 1 is 0.967 bits per heavy atom. The largest absolute Gasteiger partial charge is 0.494 e. The van der Waals surface area contributed by atoms with Gasteiger partial charge in [-0.1, -0.05) is 24.6 Å². The molecular formula is C25H33N3OS. The molecule has 0 amide bonds. The molecule has 5 heteroatoms. The third-order valence-corrected chi connectivity index (χ3v) is 6.61. The number of hydrogen-bond acceptors (Lipinski definition) is 4. The van der Waals surface area contributed by atoms with Gasteiger partial charge < -0.3 is 14.6 Å². The Morgan fingerprint density at radius 3 is 2.67 bits per heavy atom. The van der Waals surface area contributed by atoms with Gasteiger partial charge in [0, 0.05) is 35.1 Å². The SMILES string of the molecule is c1ccc2c(CCCNSc3ccc(OCCCN4CCCCC4)cc3)c[nH]c2c1. The van der Waals surface area contributed by atoms with Gasteiger partial charge in [0.15, 0.2) is 0 Å². The number of aryl methyl sites for hydroxylation is 1. The van der Waals surface area contributed by atoms with Gasteiger partial charge in [-0.3, -0.25) is 4.72 Å². The van der Waals surface area contributed by atoms with E-state index in [1.54, 1.807) is 11.9 Å². The second kappa shape index (κ2) is 11.4. The highest BCUT2D eigenvalue weighted by molar-refractivity contribution is 7.97. The quantitative estimate of drug-likeness (QED) is 0.309. The van der Waals surface area contributed by atoms with E-state index in [0.29, 0.717) is 0 Å². The molecule has 2 heterocycles. The van der Waals surface area contributed by atoms with Crippen LogP contribution in [0.15, 0.2) is 59.6 Å². The number of fused-ring (bicyclic) bond motifs is 1. The zero-order chi connectivity index (χ0) is 20.4. The lowest BCUT2D eigenvalue weighted by atomic mass is 10.1. The highest BCUT2D eigenvalue weighted by atomic mass is 32.2. The van der Waals surface area contributed by atoms with E-state index in [4.69, 9.17) is 4.74 Å². The average molecular weight is 424 g/mol. The zero-order valence-electron chi connectivity index (χ0n) is 17.7. The molecule has 3 aromatic rings. The second-order valence-electron chi connectivity index (χ2n) is 8.04. The third-order valence-electron chi connectivity index (χ3n) is 5.75. The molecule has 2 N–H and O–H groups in total. The van der Waals surface area contributed by atoms with Crippen molar-refractivity contribution in [1.82, 2.24) is 14.6 Å². The van der Waals surface area contributed by atoms with Crippen LogP contribution in [-0.4, -0.2) is 42.7 Å². The van der Waals surface area contributed by atoms with Gasteiger partial charge in [0.2, 0.25) is 0 Å². The average Bonchev–Trinajstić information content (AvgIpc) is 3.21. The lowest BCUT2D eigenvalue weighted by Gasteiger charge is -2.26. The molecule has 2 aromatic carbocycles. The molecular weight excluding hydrogens is 390 g/mol. The van der Waals surface area contributed by atoms with E-state index in [0.717, 1.165) is 44.7 Å². The summed E-state index contributed by atoms with van der Waals surface area (Å²) >= 11 is 1.70. The first-order valence-corrected chi connectivity index (χ1v) is 12.1. The molecule has 4 nitrogen and oxygen atoms in total. The second-order valence-corrected chi connectivity index (χ2v) is 9.00. The summed E-state index contributed by atoms with van der Waals surface area (Å²) in [6.07, 6.45) is 9.57. The van der Waals surface area contributed by atoms with Gasteiger partial charge >= 0.3 is 0 Å². The molecule has 0 spiro atoms. The van der Waals surface area contributed by atoms with Gasteiger partial charge in [0.05, 0.1) is 6.61 Å². The Labute approximate surface area is 184 Å². The molecule has 0 radical (unpaired) electrons. The first-order chi connectivity index (χ1) is 14.9. The van der Waals surface area contributed by atoms with E-state index < -0.39 is 0 Å². The molecule has 4 rings (SSSR count). The summed E-state index contributed by atoms with van der Waals surface area (Å²) in [5.74, 6) is 0.970. The lowest BCUT2D eigenvalue weighted by molar-refractivity contribution is 0.205. The Morgan fingerprint density at radius 2 is 1.80 bits per heavy atom. The number of hydrogen-bond donors (Lipinski definition) is 2. The summed E-state index contributed by atoms with van der Waals surface area (Å²) in [6.45, 7) is 5.48. The molecule has 0 saturated carbocycles. The van der Waals surface area contributed by atoms with Crippen LogP contribution in [0.2, 0.25) is 0 Å². The number of likely N-dealkylation sites (tertiary alicyclic amines) is 1. The van der Waals surface area contributed by atoms with Crippen molar-refractivity contribution in [2.45, 2.75) is 43.4 Å². The summed E-state index contributed by atoms with van der Waals surface area (Å²) in [7, 11) is 0. The van der Waals surface area contributed by atoms with Crippen LogP contribution in [0.1, 0.15) is 37.7 Å². The number of para-hydroxylation sites is 1. The molecule has 1 aromatic heterocycles. The van der Waals surface area contributed by atoms with Gasteiger partial charge in [-0.25, -0.2) is 0 Å². The maximum absolute atomic E-state index is 5.91. The highest BCUT2D eigenvalue weighted by Crippen LogP contribution is 2.21. The van der Waals surface area contributed by atoms with Crippen molar-refractivity contribution >= 4 is 22.9 Å². The monoisotopic (exact) mass is 423 g/mol. The fourth-order valence-electron chi connectivity index (χ4n) is 4.09. The van der Waals surface area contributed by atoms with E-state index in [2.05, 4.69) is 69.3 Å². The fraction of sp³-hybridized carbons (Fsp3) is 0.440. The minimum absolute atomic E-state index is 0.801. The van der Waals surface area contributed by atoms with E-state index >= 15 is 0 Å². The van der Waals surface area contributed by atoms with E-state index in [1.807, 2.05) is 0 Å². The van der Waals surface area contributed by atoms with Crippen molar-refractivity contribution in [3.63, 3.8) is 0 Å². The Kier molecular flexibility index (Phi) is 8.12. The molecule has 1 fully saturated rings. The number of nitrogens with one attached hydrogen (secondary N) is 2. The van der Waals surface area contributed by atoms with Crippen LogP contribution in [0.25, 0.3) is 10.9 Å². The Hall–Kier alpha value is -1.95. The van der Waals surface area contributed by atoms with Gasteiger partial charge in [-0.15, -0.1) is 0 Å². The highest BCUT2D eigenvalue weighted by Gasteiger charge is 2.09. The molecule has 1 aliphatic rings. The Balaban J connectivity index is 1.09. The van der Waals surface area contributed by atoms with Crippen molar-refractivity contribution in [3.8, 4) is 5.75 Å². The molecule has 1 aliphatic heterocycles. The topological polar surface area (TPSA) is 40.3 Å².